The molecule has 0 unspecified atom stereocenters. The third kappa shape index (κ3) is 3.73. The van der Waals surface area contributed by atoms with Gasteiger partial charge in [0.1, 0.15) is 11.4 Å². The summed E-state index contributed by atoms with van der Waals surface area (Å²) in [6.45, 7) is 0. The predicted molar refractivity (Wildman–Crippen MR) is 75.9 cm³/mol. The molecule has 1 aromatic carbocycles. The molecule has 1 N–H and O–H groups in total. The largest absolute Gasteiger partial charge is 0.477 e. The molecule has 0 spiro atoms. The summed E-state index contributed by atoms with van der Waals surface area (Å²) in [6.07, 6.45) is -0.377. The Morgan fingerprint density at radius 2 is 1.57 bits per heavy atom. The standard InChI is InChI=1S/C15H10ClNO4/c16-10-6-4-9(5-7-10)13(18)8-14(19)11-2-1-3-12(17-11)15(20)21/h1-7H,8H2,(H,20,21). The SMILES string of the molecule is O=C(CC(=O)c1cccc(C(=O)O)n1)c1ccc(Cl)cc1. The van der Waals surface area contributed by atoms with Crippen LogP contribution in [0.25, 0.3) is 0 Å². The van der Waals surface area contributed by atoms with E-state index in [2.05, 4.69) is 4.98 Å². The van der Waals surface area contributed by atoms with E-state index in [9.17, 15) is 14.4 Å². The van der Waals surface area contributed by atoms with Crippen LogP contribution in [0.3, 0.4) is 0 Å². The summed E-state index contributed by atoms with van der Waals surface area (Å²) in [6, 6.07) is 10.2. The van der Waals surface area contributed by atoms with Gasteiger partial charge in [-0.15, -0.1) is 0 Å². The number of aromatic carboxylic acids is 1. The summed E-state index contributed by atoms with van der Waals surface area (Å²) < 4.78 is 0. The molecule has 0 amide bonds. The van der Waals surface area contributed by atoms with Crippen LogP contribution in [0.4, 0.5) is 0 Å². The Morgan fingerprint density at radius 3 is 2.19 bits per heavy atom. The molecule has 106 valence electrons. The lowest BCUT2D eigenvalue weighted by Gasteiger charge is -2.02. The van der Waals surface area contributed by atoms with Gasteiger partial charge in [-0.2, -0.15) is 0 Å². The Labute approximate surface area is 125 Å². The van der Waals surface area contributed by atoms with E-state index in [-0.39, 0.29) is 23.6 Å². The second kappa shape index (κ2) is 6.28. The summed E-state index contributed by atoms with van der Waals surface area (Å²) in [7, 11) is 0. The molecule has 6 heteroatoms. The second-order valence-electron chi connectivity index (χ2n) is 4.24. The molecule has 0 atom stereocenters. The van der Waals surface area contributed by atoms with E-state index in [0.717, 1.165) is 0 Å². The lowest BCUT2D eigenvalue weighted by atomic mass is 10.0. The number of benzene rings is 1. The number of carbonyl (C=O) groups is 3. The highest BCUT2D eigenvalue weighted by molar-refractivity contribution is 6.30. The van der Waals surface area contributed by atoms with Crippen molar-refractivity contribution in [2.75, 3.05) is 0 Å². The van der Waals surface area contributed by atoms with Gasteiger partial charge in [0.15, 0.2) is 11.6 Å². The van der Waals surface area contributed by atoms with Crippen LogP contribution in [-0.2, 0) is 0 Å². The molecule has 0 fully saturated rings. The number of Topliss-reactive ketones (excluding diaryl/α,β-unsaturated/α-hetero) is 2. The summed E-state index contributed by atoms with van der Waals surface area (Å²) in [5.74, 6) is -2.13. The first-order valence-corrected chi connectivity index (χ1v) is 6.37. The quantitative estimate of drug-likeness (QED) is 0.678. The highest BCUT2D eigenvalue weighted by Gasteiger charge is 2.16. The number of hydrogen-bond donors (Lipinski definition) is 1. The molecule has 0 saturated heterocycles. The first-order valence-electron chi connectivity index (χ1n) is 5.99. The van der Waals surface area contributed by atoms with Crippen molar-refractivity contribution in [1.82, 2.24) is 4.98 Å². The van der Waals surface area contributed by atoms with Crippen LogP contribution in [0.15, 0.2) is 42.5 Å². The average Bonchev–Trinajstić information content (AvgIpc) is 2.48. The molecule has 1 heterocycles. The van der Waals surface area contributed by atoms with E-state index in [1.165, 1.54) is 30.3 Å². The van der Waals surface area contributed by atoms with Crippen LogP contribution in [-0.4, -0.2) is 27.6 Å². The van der Waals surface area contributed by atoms with Crippen molar-refractivity contribution in [2.45, 2.75) is 6.42 Å². The van der Waals surface area contributed by atoms with Crippen molar-refractivity contribution in [3.8, 4) is 0 Å². The summed E-state index contributed by atoms with van der Waals surface area (Å²) in [5.41, 5.74) is 0.0825. The average molecular weight is 304 g/mol. The van der Waals surface area contributed by atoms with E-state index >= 15 is 0 Å². The number of ketones is 2. The molecule has 0 radical (unpaired) electrons. The Bertz CT molecular complexity index is 710. The zero-order chi connectivity index (χ0) is 15.4. The minimum Gasteiger partial charge on any atom is -0.477 e. The molecule has 21 heavy (non-hydrogen) atoms. The normalized spacial score (nSPS) is 10.1. The van der Waals surface area contributed by atoms with Crippen LogP contribution >= 0.6 is 11.6 Å². The Balaban J connectivity index is 2.14. The summed E-state index contributed by atoms with van der Waals surface area (Å²) in [5, 5.41) is 9.32. The number of halogens is 1. The fourth-order valence-corrected chi connectivity index (χ4v) is 1.81. The molecule has 0 saturated carbocycles. The fraction of sp³-hybridized carbons (Fsp3) is 0.0667. The van der Waals surface area contributed by atoms with Crippen LogP contribution in [0, 0.1) is 0 Å². The van der Waals surface area contributed by atoms with Gasteiger partial charge < -0.3 is 5.11 Å². The lowest BCUT2D eigenvalue weighted by Crippen LogP contribution is -2.12. The molecular weight excluding hydrogens is 294 g/mol. The van der Waals surface area contributed by atoms with Gasteiger partial charge in [0.05, 0.1) is 6.42 Å². The summed E-state index contributed by atoms with van der Waals surface area (Å²) >= 11 is 5.72. The van der Waals surface area contributed by atoms with Crippen LogP contribution in [0.2, 0.25) is 5.02 Å². The van der Waals surface area contributed by atoms with E-state index in [0.29, 0.717) is 10.6 Å². The van der Waals surface area contributed by atoms with Crippen molar-refractivity contribution in [1.29, 1.82) is 0 Å². The maximum absolute atomic E-state index is 12.0. The van der Waals surface area contributed by atoms with E-state index in [1.54, 1.807) is 12.1 Å². The van der Waals surface area contributed by atoms with Crippen LogP contribution < -0.4 is 0 Å². The molecule has 0 aliphatic rings. The van der Waals surface area contributed by atoms with Crippen molar-refractivity contribution in [3.05, 3.63) is 64.4 Å². The monoisotopic (exact) mass is 303 g/mol. The predicted octanol–water partition coefficient (Wildman–Crippen LogP) is 2.89. The third-order valence-corrected chi connectivity index (χ3v) is 2.99. The first kappa shape index (κ1) is 14.9. The maximum Gasteiger partial charge on any atom is 0.354 e. The Morgan fingerprint density at radius 1 is 0.952 bits per heavy atom. The van der Waals surface area contributed by atoms with Crippen molar-refractivity contribution >= 4 is 29.1 Å². The zero-order valence-corrected chi connectivity index (χ0v) is 11.5. The van der Waals surface area contributed by atoms with Crippen LogP contribution in [0.5, 0.6) is 0 Å². The number of pyridine rings is 1. The van der Waals surface area contributed by atoms with Crippen LogP contribution in [0.1, 0.15) is 37.8 Å². The third-order valence-electron chi connectivity index (χ3n) is 2.74. The number of hydrogen-bond acceptors (Lipinski definition) is 4. The van der Waals surface area contributed by atoms with Gasteiger partial charge >= 0.3 is 5.97 Å². The maximum atomic E-state index is 12.0. The number of carboxylic acid groups (broad SMARTS) is 1. The van der Waals surface area contributed by atoms with Gasteiger partial charge in [-0.3, -0.25) is 9.59 Å². The number of nitrogens with zero attached hydrogens (tertiary/aromatic N) is 1. The number of rotatable bonds is 5. The first-order chi connectivity index (χ1) is 9.97. The molecule has 2 aromatic rings. The number of aromatic nitrogens is 1. The van der Waals surface area contributed by atoms with E-state index < -0.39 is 11.8 Å². The van der Waals surface area contributed by atoms with Gasteiger partial charge in [0, 0.05) is 10.6 Å². The van der Waals surface area contributed by atoms with E-state index in [1.807, 2.05) is 0 Å². The van der Waals surface area contributed by atoms with Crippen molar-refractivity contribution < 1.29 is 19.5 Å². The fourth-order valence-electron chi connectivity index (χ4n) is 1.68. The smallest absolute Gasteiger partial charge is 0.354 e. The Kier molecular flexibility index (Phi) is 4.45. The highest BCUT2D eigenvalue weighted by atomic mass is 35.5. The molecule has 2 rings (SSSR count). The Hall–Kier alpha value is -2.53. The molecule has 0 aliphatic heterocycles. The van der Waals surface area contributed by atoms with Gasteiger partial charge in [0.2, 0.25) is 0 Å². The zero-order valence-electron chi connectivity index (χ0n) is 10.7. The molecule has 1 aromatic heterocycles. The lowest BCUT2D eigenvalue weighted by molar-refractivity contribution is 0.0690. The summed E-state index contributed by atoms with van der Waals surface area (Å²) in [4.78, 5) is 38.4. The minimum atomic E-state index is -1.23. The van der Waals surface area contributed by atoms with Crippen molar-refractivity contribution in [3.63, 3.8) is 0 Å². The molecular formula is C15H10ClNO4. The van der Waals surface area contributed by atoms with Gasteiger partial charge in [0.25, 0.3) is 0 Å². The number of carboxylic acids is 1. The number of carbonyl (C=O) groups excluding carboxylic acids is 2. The van der Waals surface area contributed by atoms with Crippen molar-refractivity contribution in [2.24, 2.45) is 0 Å². The van der Waals surface area contributed by atoms with E-state index in [4.69, 9.17) is 16.7 Å². The van der Waals surface area contributed by atoms with Gasteiger partial charge in [-0.05, 0) is 36.4 Å². The van der Waals surface area contributed by atoms with Gasteiger partial charge in [-0.25, -0.2) is 9.78 Å². The van der Waals surface area contributed by atoms with Gasteiger partial charge in [-0.1, -0.05) is 17.7 Å². The molecule has 0 bridgehead atoms. The minimum absolute atomic E-state index is 0.0442. The second-order valence-corrected chi connectivity index (χ2v) is 4.68. The molecule has 0 aliphatic carbocycles. The highest BCUT2D eigenvalue weighted by Crippen LogP contribution is 2.12. The molecule has 5 nitrogen and oxygen atoms in total. The topological polar surface area (TPSA) is 84.3 Å².